The highest BCUT2D eigenvalue weighted by Crippen LogP contribution is 2.66. The number of nitrogens with zero attached hydrogens (tertiary/aromatic N) is 2. The fraction of sp³-hybridized carbons (Fsp3) is 0.560. The van der Waals surface area contributed by atoms with E-state index in [0.717, 1.165) is 16.8 Å². The monoisotopic (exact) mass is 472 g/mol. The number of benzene rings is 1. The minimum Gasteiger partial charge on any atom is -0.481 e. The van der Waals surface area contributed by atoms with Crippen molar-refractivity contribution in [3.8, 4) is 0 Å². The average Bonchev–Trinajstić information content (AvgIpc) is 3.41. The molecule has 2 bridgehead atoms. The number of thioether (sulfide) groups is 1. The lowest BCUT2D eigenvalue weighted by molar-refractivity contribution is -0.148. The molecule has 33 heavy (non-hydrogen) atoms. The summed E-state index contributed by atoms with van der Waals surface area (Å²) in [5, 5.41) is 19.0. The normalized spacial score (nSPS) is 29.9. The Morgan fingerprint density at radius 2 is 2.09 bits per heavy atom. The van der Waals surface area contributed by atoms with Crippen LogP contribution in [-0.2, 0) is 14.4 Å². The van der Waals surface area contributed by atoms with Crippen molar-refractivity contribution in [1.82, 2.24) is 4.90 Å². The molecule has 2 amide bonds. The van der Waals surface area contributed by atoms with Crippen LogP contribution in [0.4, 0.5) is 5.69 Å². The number of anilines is 1. The molecular weight excluding hydrogens is 440 g/mol. The number of carbonyl (C=O) groups is 3. The molecule has 3 heterocycles. The number of carboxylic acid groups (broad SMARTS) is 1. The molecule has 0 saturated carbocycles. The summed E-state index contributed by atoms with van der Waals surface area (Å²) < 4.78 is -0.724. The summed E-state index contributed by atoms with van der Waals surface area (Å²) in [5.74, 6) is -2.81. The zero-order valence-electron chi connectivity index (χ0n) is 19.2. The van der Waals surface area contributed by atoms with E-state index >= 15 is 0 Å². The minimum atomic E-state index is -0.951. The fourth-order valence-electron chi connectivity index (χ4n) is 5.94. The number of aliphatic hydroxyl groups excluding tert-OH is 1. The maximum atomic E-state index is 14.3. The third kappa shape index (κ3) is 3.77. The van der Waals surface area contributed by atoms with E-state index in [9.17, 15) is 24.6 Å². The molecule has 2 N–H and O–H groups in total. The van der Waals surface area contributed by atoms with E-state index in [-0.39, 0.29) is 23.7 Å². The van der Waals surface area contributed by atoms with Crippen molar-refractivity contribution < 1.29 is 24.6 Å². The van der Waals surface area contributed by atoms with Crippen molar-refractivity contribution in [2.75, 3.05) is 24.6 Å². The molecule has 3 aliphatic rings. The standard InChI is InChI=1S/C25H32N2O5S/c1-4-11-26(17-14-15(2)7-8-16(17)3)23(30)21-25-10-9-18(33-25)19(24(31)32)20(25)22(29)27(21)12-5-6-13-28/h4,7-8,14,18-21,28H,1,5-6,9-13H2,2-3H3,(H,31,32)/t18-,19+,20-,21?,25?/m0/s1. The summed E-state index contributed by atoms with van der Waals surface area (Å²) in [7, 11) is 0. The molecule has 0 aliphatic carbocycles. The quantitative estimate of drug-likeness (QED) is 0.424. The largest absolute Gasteiger partial charge is 0.481 e. The van der Waals surface area contributed by atoms with Gasteiger partial charge in [0.2, 0.25) is 5.91 Å². The molecule has 0 radical (unpaired) electrons. The number of carbonyl (C=O) groups excluding carboxylic acids is 2. The average molecular weight is 473 g/mol. The zero-order valence-corrected chi connectivity index (χ0v) is 20.0. The number of aryl methyl sites for hydroxylation is 2. The molecular formula is C25H32N2O5S. The lowest BCUT2D eigenvalue weighted by Gasteiger charge is -2.37. The smallest absolute Gasteiger partial charge is 0.308 e. The molecule has 2 unspecified atom stereocenters. The van der Waals surface area contributed by atoms with Crippen LogP contribution < -0.4 is 4.90 Å². The Morgan fingerprint density at radius 3 is 2.76 bits per heavy atom. The Balaban J connectivity index is 1.78. The predicted octanol–water partition coefficient (Wildman–Crippen LogP) is 2.77. The fourth-order valence-corrected chi connectivity index (χ4v) is 8.15. The first-order valence-electron chi connectivity index (χ1n) is 11.6. The number of amides is 2. The van der Waals surface area contributed by atoms with Gasteiger partial charge in [-0.2, -0.15) is 0 Å². The van der Waals surface area contributed by atoms with Gasteiger partial charge in [0.25, 0.3) is 5.91 Å². The molecule has 1 aromatic carbocycles. The second-order valence-electron chi connectivity index (χ2n) is 9.38. The number of carboxylic acids is 1. The van der Waals surface area contributed by atoms with E-state index in [4.69, 9.17) is 0 Å². The third-order valence-corrected chi connectivity index (χ3v) is 9.31. The Kier molecular flexibility index (Phi) is 6.60. The van der Waals surface area contributed by atoms with Gasteiger partial charge in [-0.15, -0.1) is 18.3 Å². The van der Waals surface area contributed by atoms with Crippen molar-refractivity contribution in [3.05, 3.63) is 42.0 Å². The maximum absolute atomic E-state index is 14.3. The van der Waals surface area contributed by atoms with E-state index in [1.807, 2.05) is 32.0 Å². The van der Waals surface area contributed by atoms with Gasteiger partial charge in [0.1, 0.15) is 6.04 Å². The SMILES string of the molecule is C=CCN(C(=O)C1N(CCCCO)C(=O)[C@@H]2[C@H](C(=O)O)[C@@H]3CCC12S3)c1cc(C)ccc1C. The van der Waals surface area contributed by atoms with Gasteiger partial charge in [-0.25, -0.2) is 0 Å². The van der Waals surface area contributed by atoms with Crippen LogP contribution in [0.25, 0.3) is 0 Å². The summed E-state index contributed by atoms with van der Waals surface area (Å²) in [4.78, 5) is 43.3. The van der Waals surface area contributed by atoms with Crippen LogP contribution in [0.2, 0.25) is 0 Å². The second kappa shape index (κ2) is 9.14. The van der Waals surface area contributed by atoms with Gasteiger partial charge in [-0.05, 0) is 56.7 Å². The molecule has 5 atom stereocenters. The summed E-state index contributed by atoms with van der Waals surface area (Å²) in [6.07, 6.45) is 4.12. The van der Waals surface area contributed by atoms with E-state index in [1.165, 1.54) is 0 Å². The summed E-state index contributed by atoms with van der Waals surface area (Å²) in [6, 6.07) is 5.21. The van der Waals surface area contributed by atoms with Crippen LogP contribution in [0, 0.1) is 25.7 Å². The second-order valence-corrected chi connectivity index (χ2v) is 11.0. The first kappa shape index (κ1) is 23.8. The highest BCUT2D eigenvalue weighted by atomic mass is 32.2. The number of hydrogen-bond donors (Lipinski definition) is 2. The van der Waals surface area contributed by atoms with Gasteiger partial charge in [0.15, 0.2) is 0 Å². The molecule has 7 nitrogen and oxygen atoms in total. The minimum absolute atomic E-state index is 0.00880. The lowest BCUT2D eigenvalue weighted by Crippen LogP contribution is -2.55. The number of fused-ring (bicyclic) bond motifs is 1. The maximum Gasteiger partial charge on any atom is 0.308 e. The van der Waals surface area contributed by atoms with Crippen molar-refractivity contribution in [2.24, 2.45) is 11.8 Å². The van der Waals surface area contributed by atoms with Crippen molar-refractivity contribution in [3.63, 3.8) is 0 Å². The summed E-state index contributed by atoms with van der Waals surface area (Å²) in [5.41, 5.74) is 2.76. The zero-order chi connectivity index (χ0) is 23.9. The van der Waals surface area contributed by atoms with E-state index in [1.54, 1.807) is 27.6 Å². The molecule has 3 aliphatic heterocycles. The molecule has 1 spiro atoms. The topological polar surface area (TPSA) is 98.2 Å². The molecule has 8 heteroatoms. The van der Waals surface area contributed by atoms with Crippen LogP contribution >= 0.6 is 11.8 Å². The molecule has 4 rings (SSSR count). The number of unbranched alkanes of at least 4 members (excludes halogenated alkanes) is 1. The molecule has 0 aromatic heterocycles. The number of rotatable bonds is 9. The molecule has 3 fully saturated rings. The van der Waals surface area contributed by atoms with E-state index in [0.29, 0.717) is 38.8 Å². The van der Waals surface area contributed by atoms with Crippen molar-refractivity contribution >= 4 is 35.2 Å². The molecule has 1 aromatic rings. The lowest BCUT2D eigenvalue weighted by atomic mass is 9.71. The number of hydrogen-bond acceptors (Lipinski definition) is 5. The first-order chi connectivity index (χ1) is 15.8. The van der Waals surface area contributed by atoms with Crippen molar-refractivity contribution in [1.29, 1.82) is 0 Å². The number of likely N-dealkylation sites (tertiary alicyclic amines) is 1. The van der Waals surface area contributed by atoms with Crippen LogP contribution in [0.3, 0.4) is 0 Å². The van der Waals surface area contributed by atoms with Gasteiger partial charge in [0, 0.05) is 30.6 Å². The highest BCUT2D eigenvalue weighted by Gasteiger charge is 2.74. The van der Waals surface area contributed by atoms with Gasteiger partial charge >= 0.3 is 5.97 Å². The Bertz CT molecular complexity index is 982. The van der Waals surface area contributed by atoms with Gasteiger partial charge in [0.05, 0.1) is 16.6 Å². The van der Waals surface area contributed by atoms with Crippen LogP contribution in [0.15, 0.2) is 30.9 Å². The molecule has 178 valence electrons. The van der Waals surface area contributed by atoms with Gasteiger partial charge in [-0.3, -0.25) is 14.4 Å². The summed E-state index contributed by atoms with van der Waals surface area (Å²) >= 11 is 1.54. The van der Waals surface area contributed by atoms with E-state index in [2.05, 4.69) is 6.58 Å². The predicted molar refractivity (Wildman–Crippen MR) is 128 cm³/mol. The van der Waals surface area contributed by atoms with Crippen molar-refractivity contribution in [2.45, 2.75) is 55.6 Å². The van der Waals surface area contributed by atoms with Gasteiger partial charge in [-0.1, -0.05) is 18.2 Å². The van der Waals surface area contributed by atoms with Crippen LogP contribution in [0.1, 0.15) is 36.8 Å². The highest BCUT2D eigenvalue weighted by molar-refractivity contribution is 8.02. The Morgan fingerprint density at radius 1 is 1.33 bits per heavy atom. The van der Waals surface area contributed by atoms with Gasteiger partial charge < -0.3 is 20.0 Å². The van der Waals surface area contributed by atoms with Crippen LogP contribution in [0.5, 0.6) is 0 Å². The Labute approximate surface area is 198 Å². The first-order valence-corrected chi connectivity index (χ1v) is 12.5. The Hall–Kier alpha value is -2.32. The number of aliphatic hydroxyl groups is 1. The summed E-state index contributed by atoms with van der Waals surface area (Å²) in [6.45, 7) is 8.41. The number of aliphatic carboxylic acids is 1. The third-order valence-electron chi connectivity index (χ3n) is 7.36. The van der Waals surface area contributed by atoms with Crippen LogP contribution in [-0.4, -0.2) is 68.6 Å². The molecule has 3 saturated heterocycles. The van der Waals surface area contributed by atoms with E-state index < -0.39 is 28.6 Å².